The standard InChI is InChI=1S/C19H20N4/c20-10-16-14-8-4-5-9-15(14)17(13-6-2-1-3-7-13)19(11-21,12-22)18(16)23/h2,6,8,13,15,17H,1,3-5,7,9,23H2. The number of nitrogens with zero attached hydrogens (tertiary/aromatic N) is 3. The van der Waals surface area contributed by atoms with Gasteiger partial charge in [-0.3, -0.25) is 0 Å². The van der Waals surface area contributed by atoms with Crippen molar-refractivity contribution in [1.29, 1.82) is 15.8 Å². The Balaban J connectivity index is 2.24. The highest BCUT2D eigenvalue weighted by molar-refractivity contribution is 5.56. The summed E-state index contributed by atoms with van der Waals surface area (Å²) in [5, 5.41) is 29.3. The number of rotatable bonds is 1. The van der Waals surface area contributed by atoms with Gasteiger partial charge in [0.2, 0.25) is 0 Å². The first kappa shape index (κ1) is 15.4. The fourth-order valence-corrected chi connectivity index (χ4v) is 4.57. The molecule has 3 aliphatic carbocycles. The SMILES string of the molecule is N#CC1=C(N)C(C#N)(C#N)C(C2C=CCCC2)C2CCCC=C12. The van der Waals surface area contributed by atoms with Crippen molar-refractivity contribution in [2.45, 2.75) is 38.5 Å². The first-order valence-electron chi connectivity index (χ1n) is 8.29. The molecular formula is C19H20N4. The van der Waals surface area contributed by atoms with Gasteiger partial charge in [0.15, 0.2) is 5.41 Å². The Bertz CT molecular complexity index is 706. The van der Waals surface area contributed by atoms with Crippen LogP contribution in [0, 0.1) is 57.2 Å². The van der Waals surface area contributed by atoms with Gasteiger partial charge >= 0.3 is 0 Å². The van der Waals surface area contributed by atoms with Gasteiger partial charge in [-0.1, -0.05) is 18.2 Å². The summed E-state index contributed by atoms with van der Waals surface area (Å²) in [5.41, 5.74) is 6.36. The zero-order valence-corrected chi connectivity index (χ0v) is 13.1. The maximum absolute atomic E-state index is 9.88. The van der Waals surface area contributed by atoms with E-state index < -0.39 is 5.41 Å². The number of hydrogen-bond acceptors (Lipinski definition) is 4. The molecule has 3 atom stereocenters. The zero-order valence-electron chi connectivity index (χ0n) is 13.1. The lowest BCUT2D eigenvalue weighted by atomic mass is 9.54. The second kappa shape index (κ2) is 5.94. The van der Waals surface area contributed by atoms with Crippen LogP contribution < -0.4 is 5.73 Å². The van der Waals surface area contributed by atoms with E-state index in [4.69, 9.17) is 5.73 Å². The number of hydrogen-bond donors (Lipinski definition) is 1. The van der Waals surface area contributed by atoms with Crippen LogP contribution in [0.25, 0.3) is 0 Å². The average Bonchev–Trinajstić information content (AvgIpc) is 2.61. The predicted octanol–water partition coefficient (Wildman–Crippen LogP) is 3.47. The molecule has 3 rings (SSSR count). The quantitative estimate of drug-likeness (QED) is 0.750. The van der Waals surface area contributed by atoms with Crippen molar-refractivity contribution in [2.75, 3.05) is 0 Å². The van der Waals surface area contributed by atoms with Crippen molar-refractivity contribution in [3.8, 4) is 18.2 Å². The minimum absolute atomic E-state index is 0.0812. The summed E-state index contributed by atoms with van der Waals surface area (Å²) in [6, 6.07) is 6.58. The first-order valence-corrected chi connectivity index (χ1v) is 8.29. The molecule has 0 saturated heterocycles. The molecule has 4 heteroatoms. The Kier molecular flexibility index (Phi) is 3.97. The maximum atomic E-state index is 9.88. The average molecular weight is 304 g/mol. The summed E-state index contributed by atoms with van der Waals surface area (Å²) in [6.07, 6.45) is 12.4. The monoisotopic (exact) mass is 304 g/mol. The molecule has 0 amide bonds. The van der Waals surface area contributed by atoms with Gasteiger partial charge < -0.3 is 5.73 Å². The van der Waals surface area contributed by atoms with Gasteiger partial charge in [0, 0.05) is 5.92 Å². The smallest absolute Gasteiger partial charge is 0.187 e. The van der Waals surface area contributed by atoms with Crippen LogP contribution in [-0.2, 0) is 0 Å². The molecule has 0 spiro atoms. The Morgan fingerprint density at radius 3 is 2.43 bits per heavy atom. The summed E-state index contributed by atoms with van der Waals surface area (Å²) in [5.74, 6) is 0.101. The highest BCUT2D eigenvalue weighted by atomic mass is 14.7. The molecule has 0 aromatic heterocycles. The number of fused-ring (bicyclic) bond motifs is 1. The van der Waals surface area contributed by atoms with E-state index in [1.165, 1.54) is 0 Å². The van der Waals surface area contributed by atoms with Gasteiger partial charge in [-0.15, -0.1) is 0 Å². The molecule has 23 heavy (non-hydrogen) atoms. The van der Waals surface area contributed by atoms with Crippen LogP contribution in [-0.4, -0.2) is 0 Å². The Hall–Kier alpha value is -2.51. The van der Waals surface area contributed by atoms with Crippen molar-refractivity contribution in [1.82, 2.24) is 0 Å². The molecule has 0 radical (unpaired) electrons. The second-order valence-electron chi connectivity index (χ2n) is 6.68. The van der Waals surface area contributed by atoms with E-state index in [-0.39, 0.29) is 23.5 Å². The van der Waals surface area contributed by atoms with E-state index in [1.807, 2.05) is 0 Å². The zero-order chi connectivity index (χ0) is 16.4. The van der Waals surface area contributed by atoms with Gasteiger partial charge in [-0.2, -0.15) is 15.8 Å². The molecular weight excluding hydrogens is 284 g/mol. The normalized spacial score (nSPS) is 32.0. The number of nitriles is 3. The van der Waals surface area contributed by atoms with Crippen LogP contribution in [0.4, 0.5) is 0 Å². The lowest BCUT2D eigenvalue weighted by Gasteiger charge is -2.46. The van der Waals surface area contributed by atoms with Crippen molar-refractivity contribution in [3.63, 3.8) is 0 Å². The second-order valence-corrected chi connectivity index (χ2v) is 6.68. The van der Waals surface area contributed by atoms with Gasteiger partial charge in [0.1, 0.15) is 6.07 Å². The van der Waals surface area contributed by atoms with Crippen LogP contribution in [0.5, 0.6) is 0 Å². The maximum Gasteiger partial charge on any atom is 0.187 e. The third-order valence-corrected chi connectivity index (χ3v) is 5.62. The minimum atomic E-state index is -1.39. The van der Waals surface area contributed by atoms with Crippen molar-refractivity contribution in [3.05, 3.63) is 35.1 Å². The van der Waals surface area contributed by atoms with Gasteiger partial charge in [-0.25, -0.2) is 0 Å². The summed E-state index contributed by atoms with van der Waals surface area (Å²) >= 11 is 0. The van der Waals surface area contributed by atoms with E-state index in [9.17, 15) is 15.8 Å². The third-order valence-electron chi connectivity index (χ3n) is 5.62. The molecule has 0 fully saturated rings. The minimum Gasteiger partial charge on any atom is -0.399 e. The molecule has 0 saturated carbocycles. The molecule has 0 aliphatic heterocycles. The molecule has 0 bridgehead atoms. The van der Waals surface area contributed by atoms with E-state index in [0.29, 0.717) is 5.57 Å². The molecule has 0 heterocycles. The highest BCUT2D eigenvalue weighted by Gasteiger charge is 2.55. The fourth-order valence-electron chi connectivity index (χ4n) is 4.57. The summed E-state index contributed by atoms with van der Waals surface area (Å²) in [6.45, 7) is 0. The van der Waals surface area contributed by atoms with E-state index >= 15 is 0 Å². The highest BCUT2D eigenvalue weighted by Crippen LogP contribution is 2.55. The van der Waals surface area contributed by atoms with Gasteiger partial charge in [0.05, 0.1) is 23.4 Å². The summed E-state index contributed by atoms with van der Waals surface area (Å²) < 4.78 is 0. The van der Waals surface area contributed by atoms with Crippen LogP contribution in [0.1, 0.15) is 38.5 Å². The lowest BCUT2D eigenvalue weighted by Crippen LogP contribution is -2.47. The summed E-state index contributed by atoms with van der Waals surface area (Å²) in [7, 11) is 0. The van der Waals surface area contributed by atoms with Crippen molar-refractivity contribution in [2.24, 2.45) is 28.9 Å². The van der Waals surface area contributed by atoms with E-state index in [1.54, 1.807) is 0 Å². The topological polar surface area (TPSA) is 97.4 Å². The largest absolute Gasteiger partial charge is 0.399 e. The molecule has 0 aromatic rings. The summed E-state index contributed by atoms with van der Waals surface area (Å²) in [4.78, 5) is 0. The first-order chi connectivity index (χ1) is 11.2. The Labute approximate surface area is 137 Å². The Morgan fingerprint density at radius 2 is 1.83 bits per heavy atom. The molecule has 3 aliphatic rings. The van der Waals surface area contributed by atoms with Crippen molar-refractivity contribution < 1.29 is 0 Å². The Morgan fingerprint density at radius 1 is 1.09 bits per heavy atom. The van der Waals surface area contributed by atoms with Crippen LogP contribution in [0.2, 0.25) is 0 Å². The van der Waals surface area contributed by atoms with Crippen molar-refractivity contribution >= 4 is 0 Å². The van der Waals surface area contributed by atoms with Crippen LogP contribution in [0.3, 0.4) is 0 Å². The molecule has 4 nitrogen and oxygen atoms in total. The van der Waals surface area contributed by atoms with E-state index in [2.05, 4.69) is 36.4 Å². The van der Waals surface area contributed by atoms with Gasteiger partial charge in [0.25, 0.3) is 0 Å². The molecule has 116 valence electrons. The molecule has 2 N–H and O–H groups in total. The lowest BCUT2D eigenvalue weighted by molar-refractivity contribution is 0.167. The van der Waals surface area contributed by atoms with Crippen LogP contribution >= 0.6 is 0 Å². The van der Waals surface area contributed by atoms with Crippen LogP contribution in [0.15, 0.2) is 35.1 Å². The number of nitrogens with two attached hydrogens (primary N) is 1. The molecule has 0 aromatic carbocycles. The fraction of sp³-hybridized carbons (Fsp3) is 0.526. The number of allylic oxidation sites excluding steroid dienone is 6. The van der Waals surface area contributed by atoms with Gasteiger partial charge in [-0.05, 0) is 55.9 Å². The third kappa shape index (κ3) is 2.16. The van der Waals surface area contributed by atoms with E-state index in [0.717, 1.165) is 44.1 Å². The predicted molar refractivity (Wildman–Crippen MR) is 85.9 cm³/mol. The molecule has 3 unspecified atom stereocenters.